The fourth-order valence-corrected chi connectivity index (χ4v) is 2.12. The van der Waals surface area contributed by atoms with Crippen molar-refractivity contribution >= 4 is 33.3 Å². The third-order valence-electron chi connectivity index (χ3n) is 2.70. The molecule has 0 amide bonds. The van der Waals surface area contributed by atoms with E-state index in [1.165, 1.54) is 6.20 Å². The summed E-state index contributed by atoms with van der Waals surface area (Å²) in [7, 11) is 1.56. The monoisotopic (exact) mass is 336 g/mol. The van der Waals surface area contributed by atoms with E-state index in [2.05, 4.69) is 26.2 Å². The van der Waals surface area contributed by atoms with Crippen LogP contribution in [0.4, 0.5) is 11.4 Å². The molecule has 0 saturated heterocycles. The SMILES string of the molecule is COc1ccc(Br)cc1Nc1cc(C)ncc1C(=O)O. The number of pyridine rings is 1. The maximum atomic E-state index is 11.2. The van der Waals surface area contributed by atoms with E-state index in [1.807, 2.05) is 12.1 Å². The molecule has 0 aliphatic heterocycles. The average molecular weight is 337 g/mol. The fourth-order valence-electron chi connectivity index (χ4n) is 1.76. The predicted octanol–water partition coefficient (Wildman–Crippen LogP) is 3.60. The third-order valence-corrected chi connectivity index (χ3v) is 3.20. The van der Waals surface area contributed by atoms with Gasteiger partial charge < -0.3 is 15.2 Å². The largest absolute Gasteiger partial charge is 0.495 e. The summed E-state index contributed by atoms with van der Waals surface area (Å²) in [6, 6.07) is 7.14. The lowest BCUT2D eigenvalue weighted by Crippen LogP contribution is -2.05. The number of carboxylic acid groups (broad SMARTS) is 1. The van der Waals surface area contributed by atoms with Crippen LogP contribution in [-0.2, 0) is 0 Å². The van der Waals surface area contributed by atoms with Gasteiger partial charge in [0.2, 0.25) is 0 Å². The van der Waals surface area contributed by atoms with E-state index in [0.29, 0.717) is 17.1 Å². The molecular weight excluding hydrogens is 324 g/mol. The number of carbonyl (C=O) groups is 1. The van der Waals surface area contributed by atoms with Gasteiger partial charge in [-0.15, -0.1) is 0 Å². The molecular formula is C14H13BrN2O3. The Bertz CT molecular complexity index is 659. The maximum Gasteiger partial charge on any atom is 0.339 e. The molecule has 2 rings (SSSR count). The number of benzene rings is 1. The van der Waals surface area contributed by atoms with Crippen LogP contribution in [-0.4, -0.2) is 23.2 Å². The molecule has 0 aliphatic rings. The van der Waals surface area contributed by atoms with Crippen LogP contribution in [0.3, 0.4) is 0 Å². The molecule has 6 heteroatoms. The van der Waals surface area contributed by atoms with Crippen LogP contribution in [0.5, 0.6) is 5.75 Å². The first kappa shape index (κ1) is 14.3. The zero-order valence-corrected chi connectivity index (χ0v) is 12.6. The highest BCUT2D eigenvalue weighted by Crippen LogP contribution is 2.31. The molecule has 104 valence electrons. The molecule has 2 aromatic rings. The summed E-state index contributed by atoms with van der Waals surface area (Å²) in [5, 5.41) is 12.3. The van der Waals surface area contributed by atoms with Gasteiger partial charge in [-0.05, 0) is 31.2 Å². The Labute approximate surface area is 124 Å². The minimum absolute atomic E-state index is 0.109. The van der Waals surface area contributed by atoms with Crippen molar-refractivity contribution < 1.29 is 14.6 Å². The molecule has 5 nitrogen and oxygen atoms in total. The van der Waals surface area contributed by atoms with Gasteiger partial charge in [0.1, 0.15) is 11.3 Å². The van der Waals surface area contributed by atoms with Crippen molar-refractivity contribution in [1.82, 2.24) is 4.98 Å². The van der Waals surface area contributed by atoms with Gasteiger partial charge in [-0.3, -0.25) is 4.98 Å². The highest BCUT2D eigenvalue weighted by atomic mass is 79.9. The number of aromatic carboxylic acids is 1. The second-order valence-electron chi connectivity index (χ2n) is 4.15. The smallest absolute Gasteiger partial charge is 0.339 e. The van der Waals surface area contributed by atoms with E-state index < -0.39 is 5.97 Å². The van der Waals surface area contributed by atoms with Gasteiger partial charge in [-0.2, -0.15) is 0 Å². The van der Waals surface area contributed by atoms with Crippen LogP contribution >= 0.6 is 15.9 Å². The molecule has 0 atom stereocenters. The van der Waals surface area contributed by atoms with Crippen molar-refractivity contribution in [1.29, 1.82) is 0 Å². The second-order valence-corrected chi connectivity index (χ2v) is 5.06. The minimum atomic E-state index is -1.03. The number of nitrogens with zero attached hydrogens (tertiary/aromatic N) is 1. The molecule has 0 unspecified atom stereocenters. The number of rotatable bonds is 4. The maximum absolute atomic E-state index is 11.2. The summed E-state index contributed by atoms with van der Waals surface area (Å²) in [4.78, 5) is 15.2. The first-order chi connectivity index (χ1) is 9.51. The summed E-state index contributed by atoms with van der Waals surface area (Å²) in [6.45, 7) is 1.80. The Morgan fingerprint density at radius 3 is 2.75 bits per heavy atom. The van der Waals surface area contributed by atoms with E-state index in [-0.39, 0.29) is 5.56 Å². The van der Waals surface area contributed by atoms with Crippen molar-refractivity contribution in [2.24, 2.45) is 0 Å². The number of methoxy groups -OCH3 is 1. The molecule has 0 radical (unpaired) electrons. The Balaban J connectivity index is 2.46. The van der Waals surface area contributed by atoms with Crippen LogP contribution < -0.4 is 10.1 Å². The molecule has 0 fully saturated rings. The van der Waals surface area contributed by atoms with E-state index in [9.17, 15) is 9.90 Å². The summed E-state index contributed by atoms with van der Waals surface area (Å²) >= 11 is 3.38. The van der Waals surface area contributed by atoms with Crippen LogP contribution in [0, 0.1) is 6.92 Å². The Morgan fingerprint density at radius 2 is 2.10 bits per heavy atom. The number of aryl methyl sites for hydroxylation is 1. The average Bonchev–Trinajstić information content (AvgIpc) is 2.38. The number of carboxylic acids is 1. The molecule has 2 N–H and O–H groups in total. The van der Waals surface area contributed by atoms with Gasteiger partial charge in [0, 0.05) is 16.4 Å². The first-order valence-corrected chi connectivity index (χ1v) is 6.61. The van der Waals surface area contributed by atoms with Gasteiger partial charge in [-0.1, -0.05) is 15.9 Å². The van der Waals surface area contributed by atoms with Gasteiger partial charge in [0.15, 0.2) is 0 Å². The molecule has 0 aliphatic carbocycles. The van der Waals surface area contributed by atoms with Crippen molar-refractivity contribution in [3.05, 3.63) is 46.2 Å². The van der Waals surface area contributed by atoms with Gasteiger partial charge in [0.05, 0.1) is 18.5 Å². The Hall–Kier alpha value is -2.08. The topological polar surface area (TPSA) is 71.5 Å². The van der Waals surface area contributed by atoms with Crippen molar-refractivity contribution in [2.45, 2.75) is 6.92 Å². The number of hydrogen-bond donors (Lipinski definition) is 2. The standard InChI is InChI=1S/C14H13BrN2O3/c1-8-5-11(10(7-16-8)14(18)19)17-12-6-9(15)3-4-13(12)20-2/h3-7H,1-2H3,(H,16,17)(H,18,19). The quantitative estimate of drug-likeness (QED) is 0.892. The number of halogens is 1. The number of aromatic nitrogens is 1. The summed E-state index contributed by atoms with van der Waals surface area (Å²) < 4.78 is 6.12. The van der Waals surface area contributed by atoms with Crippen LogP contribution in [0.15, 0.2) is 34.9 Å². The highest BCUT2D eigenvalue weighted by molar-refractivity contribution is 9.10. The highest BCUT2D eigenvalue weighted by Gasteiger charge is 2.13. The molecule has 1 aromatic heterocycles. The molecule has 0 spiro atoms. The van der Waals surface area contributed by atoms with Crippen molar-refractivity contribution in [3.63, 3.8) is 0 Å². The van der Waals surface area contributed by atoms with Gasteiger partial charge >= 0.3 is 5.97 Å². The van der Waals surface area contributed by atoms with Crippen molar-refractivity contribution in [2.75, 3.05) is 12.4 Å². The fraction of sp³-hybridized carbons (Fsp3) is 0.143. The predicted molar refractivity (Wildman–Crippen MR) is 79.9 cm³/mol. The zero-order chi connectivity index (χ0) is 14.7. The van der Waals surface area contributed by atoms with E-state index >= 15 is 0 Å². The minimum Gasteiger partial charge on any atom is -0.495 e. The molecule has 0 bridgehead atoms. The first-order valence-electron chi connectivity index (χ1n) is 5.81. The van der Waals surface area contributed by atoms with E-state index in [0.717, 1.165) is 10.2 Å². The van der Waals surface area contributed by atoms with Crippen molar-refractivity contribution in [3.8, 4) is 5.75 Å². The Morgan fingerprint density at radius 1 is 1.35 bits per heavy atom. The molecule has 20 heavy (non-hydrogen) atoms. The lowest BCUT2D eigenvalue weighted by molar-refractivity contribution is 0.0697. The number of ether oxygens (including phenoxy) is 1. The van der Waals surface area contributed by atoms with E-state index in [1.54, 1.807) is 26.2 Å². The van der Waals surface area contributed by atoms with Gasteiger partial charge in [-0.25, -0.2) is 4.79 Å². The molecule has 0 saturated carbocycles. The number of anilines is 2. The van der Waals surface area contributed by atoms with Crippen LogP contribution in [0.2, 0.25) is 0 Å². The van der Waals surface area contributed by atoms with E-state index in [4.69, 9.17) is 4.74 Å². The second kappa shape index (κ2) is 5.92. The Kier molecular flexibility index (Phi) is 4.24. The number of nitrogens with one attached hydrogen (secondary N) is 1. The summed E-state index contributed by atoms with van der Waals surface area (Å²) in [5.74, 6) is -0.409. The summed E-state index contributed by atoms with van der Waals surface area (Å²) in [6.07, 6.45) is 1.34. The molecule has 1 aromatic carbocycles. The molecule has 1 heterocycles. The number of hydrogen-bond acceptors (Lipinski definition) is 4. The normalized spacial score (nSPS) is 10.2. The lowest BCUT2D eigenvalue weighted by atomic mass is 10.2. The van der Waals surface area contributed by atoms with Gasteiger partial charge in [0.25, 0.3) is 0 Å². The third kappa shape index (κ3) is 3.08. The zero-order valence-electron chi connectivity index (χ0n) is 11.0. The lowest BCUT2D eigenvalue weighted by Gasteiger charge is -2.13. The van der Waals surface area contributed by atoms with Crippen LogP contribution in [0.1, 0.15) is 16.1 Å². The summed E-state index contributed by atoms with van der Waals surface area (Å²) in [5.41, 5.74) is 1.99. The van der Waals surface area contributed by atoms with Crippen LogP contribution in [0.25, 0.3) is 0 Å².